The predicted octanol–water partition coefficient (Wildman–Crippen LogP) is 2.53. The van der Waals surface area contributed by atoms with Crippen LogP contribution in [0, 0.1) is 5.82 Å². The van der Waals surface area contributed by atoms with E-state index in [0.717, 1.165) is 0 Å². The molecule has 0 atom stereocenters. The number of rotatable bonds is 5. The van der Waals surface area contributed by atoms with Crippen LogP contribution in [0.25, 0.3) is 11.3 Å². The second-order valence-electron chi connectivity index (χ2n) is 5.41. The van der Waals surface area contributed by atoms with Crippen molar-refractivity contribution in [3.63, 3.8) is 0 Å². The number of carbonyl (C=O) groups is 1. The van der Waals surface area contributed by atoms with Crippen molar-refractivity contribution in [3.8, 4) is 11.3 Å². The molecule has 3 rings (SSSR count). The second kappa shape index (κ2) is 7.88. The van der Waals surface area contributed by atoms with Gasteiger partial charge in [0, 0.05) is 24.4 Å². The van der Waals surface area contributed by atoms with Gasteiger partial charge in [0.1, 0.15) is 11.0 Å². The third-order valence-corrected chi connectivity index (χ3v) is 3.83. The summed E-state index contributed by atoms with van der Waals surface area (Å²) in [7, 11) is 0. The van der Waals surface area contributed by atoms with Crippen LogP contribution >= 0.6 is 11.6 Å². The van der Waals surface area contributed by atoms with Crippen molar-refractivity contribution in [1.29, 1.82) is 0 Å². The smallest absolute Gasteiger partial charge is 0.266 e. The molecule has 0 radical (unpaired) electrons. The number of carbonyl (C=O) groups excluding carboxylic acids is 1. The number of nitrogens with zero attached hydrogens (tertiary/aromatic N) is 3. The molecular weight excluding hydrogens is 359 g/mol. The van der Waals surface area contributed by atoms with Crippen molar-refractivity contribution in [1.82, 2.24) is 20.1 Å². The highest BCUT2D eigenvalue weighted by Gasteiger charge is 2.07. The number of aromatic nitrogens is 3. The molecule has 6 nitrogen and oxygen atoms in total. The lowest BCUT2D eigenvalue weighted by atomic mass is 10.1. The summed E-state index contributed by atoms with van der Waals surface area (Å²) in [6.07, 6.45) is 1.37. The van der Waals surface area contributed by atoms with Gasteiger partial charge in [0.15, 0.2) is 0 Å². The zero-order chi connectivity index (χ0) is 18.5. The van der Waals surface area contributed by atoms with Gasteiger partial charge in [-0.05, 0) is 42.5 Å². The monoisotopic (exact) mass is 372 g/mol. The van der Waals surface area contributed by atoms with Gasteiger partial charge in [-0.1, -0.05) is 11.6 Å². The number of amides is 1. The molecule has 1 N–H and O–H groups in total. The molecule has 132 valence electrons. The van der Waals surface area contributed by atoms with Gasteiger partial charge in [-0.2, -0.15) is 5.10 Å². The molecular formula is C18H14ClFN4O2. The van der Waals surface area contributed by atoms with E-state index in [4.69, 9.17) is 11.6 Å². The van der Waals surface area contributed by atoms with Gasteiger partial charge in [0.05, 0.1) is 17.8 Å². The van der Waals surface area contributed by atoms with Crippen LogP contribution < -0.4 is 10.9 Å². The SMILES string of the molecule is O=C(NCCn1nc(-c2ccc(F)cc2)ccc1=O)c1ccc(Cl)nc1. The summed E-state index contributed by atoms with van der Waals surface area (Å²) in [6.45, 7) is 0.405. The summed E-state index contributed by atoms with van der Waals surface area (Å²) in [4.78, 5) is 27.8. The molecule has 0 aliphatic carbocycles. The molecule has 0 unspecified atom stereocenters. The van der Waals surface area contributed by atoms with Crippen LogP contribution in [0.4, 0.5) is 4.39 Å². The number of halogens is 2. The van der Waals surface area contributed by atoms with Gasteiger partial charge in [0.2, 0.25) is 0 Å². The quantitative estimate of drug-likeness (QED) is 0.698. The van der Waals surface area contributed by atoms with Crippen LogP contribution in [-0.2, 0) is 6.54 Å². The average molecular weight is 373 g/mol. The van der Waals surface area contributed by atoms with Crippen molar-refractivity contribution in [2.45, 2.75) is 6.54 Å². The van der Waals surface area contributed by atoms with Gasteiger partial charge in [-0.15, -0.1) is 0 Å². The molecule has 2 aromatic heterocycles. The van der Waals surface area contributed by atoms with Crippen molar-refractivity contribution in [2.75, 3.05) is 6.54 Å². The Bertz CT molecular complexity index is 972. The van der Waals surface area contributed by atoms with E-state index >= 15 is 0 Å². The first-order valence-electron chi connectivity index (χ1n) is 7.77. The third-order valence-electron chi connectivity index (χ3n) is 3.61. The van der Waals surface area contributed by atoms with Crippen LogP contribution in [0.1, 0.15) is 10.4 Å². The predicted molar refractivity (Wildman–Crippen MR) is 95.5 cm³/mol. The molecule has 0 saturated heterocycles. The first-order chi connectivity index (χ1) is 12.5. The Kier molecular flexibility index (Phi) is 5.38. The molecule has 0 aliphatic rings. The number of hydrogen-bond donors (Lipinski definition) is 1. The lowest BCUT2D eigenvalue weighted by molar-refractivity contribution is 0.0951. The molecule has 0 spiro atoms. The van der Waals surface area contributed by atoms with Crippen molar-refractivity contribution >= 4 is 17.5 Å². The number of benzene rings is 1. The van der Waals surface area contributed by atoms with E-state index in [-0.39, 0.29) is 30.4 Å². The van der Waals surface area contributed by atoms with E-state index in [1.165, 1.54) is 35.1 Å². The molecule has 0 aliphatic heterocycles. The van der Waals surface area contributed by atoms with Gasteiger partial charge in [0.25, 0.3) is 11.5 Å². The maximum absolute atomic E-state index is 13.0. The summed E-state index contributed by atoms with van der Waals surface area (Å²) < 4.78 is 14.3. The lowest BCUT2D eigenvalue weighted by Crippen LogP contribution is -2.32. The highest BCUT2D eigenvalue weighted by molar-refractivity contribution is 6.29. The first-order valence-corrected chi connectivity index (χ1v) is 8.14. The molecule has 3 aromatic rings. The standard InChI is InChI=1S/C18H14ClFN4O2/c19-16-7-3-13(11-22-16)18(26)21-9-10-24-17(25)8-6-15(23-24)12-1-4-14(20)5-2-12/h1-8,11H,9-10H2,(H,21,26). The number of hydrogen-bond acceptors (Lipinski definition) is 4. The summed E-state index contributed by atoms with van der Waals surface area (Å²) in [5.41, 5.74) is 1.31. The van der Waals surface area contributed by atoms with Gasteiger partial charge in [-0.25, -0.2) is 14.1 Å². The highest BCUT2D eigenvalue weighted by Crippen LogP contribution is 2.15. The van der Waals surface area contributed by atoms with Crippen LogP contribution in [0.5, 0.6) is 0 Å². The summed E-state index contributed by atoms with van der Waals surface area (Å²) >= 11 is 5.68. The van der Waals surface area contributed by atoms with E-state index in [9.17, 15) is 14.0 Å². The van der Waals surface area contributed by atoms with Crippen LogP contribution in [0.2, 0.25) is 5.15 Å². The largest absolute Gasteiger partial charge is 0.350 e. The summed E-state index contributed by atoms with van der Waals surface area (Å²) in [6, 6.07) is 11.9. The fourth-order valence-corrected chi connectivity index (χ4v) is 2.38. The fourth-order valence-electron chi connectivity index (χ4n) is 2.27. The zero-order valence-corrected chi connectivity index (χ0v) is 14.3. The van der Waals surface area contributed by atoms with Crippen LogP contribution in [-0.4, -0.2) is 27.2 Å². The average Bonchev–Trinajstić information content (AvgIpc) is 2.64. The Balaban J connectivity index is 1.67. The van der Waals surface area contributed by atoms with Crippen LogP contribution in [0.15, 0.2) is 59.5 Å². The maximum Gasteiger partial charge on any atom is 0.266 e. The number of pyridine rings is 1. The van der Waals surface area contributed by atoms with E-state index in [1.54, 1.807) is 24.3 Å². The maximum atomic E-state index is 13.0. The van der Waals surface area contributed by atoms with E-state index in [1.807, 2.05) is 0 Å². The van der Waals surface area contributed by atoms with Crippen LogP contribution in [0.3, 0.4) is 0 Å². The third kappa shape index (κ3) is 4.31. The Morgan fingerprint density at radius 2 is 1.88 bits per heavy atom. The topological polar surface area (TPSA) is 76.9 Å². The number of nitrogens with one attached hydrogen (secondary N) is 1. The Morgan fingerprint density at radius 1 is 1.12 bits per heavy atom. The molecule has 0 fully saturated rings. The van der Waals surface area contributed by atoms with Gasteiger partial charge < -0.3 is 5.32 Å². The Labute approximate surface area is 153 Å². The second-order valence-corrected chi connectivity index (χ2v) is 5.80. The molecule has 8 heteroatoms. The normalized spacial score (nSPS) is 10.5. The van der Waals surface area contributed by atoms with Gasteiger partial charge in [-0.3, -0.25) is 9.59 Å². The molecule has 0 saturated carbocycles. The van der Waals surface area contributed by atoms with E-state index in [2.05, 4.69) is 15.4 Å². The van der Waals surface area contributed by atoms with Crippen molar-refractivity contribution < 1.29 is 9.18 Å². The molecule has 26 heavy (non-hydrogen) atoms. The zero-order valence-electron chi connectivity index (χ0n) is 13.5. The summed E-state index contributed by atoms with van der Waals surface area (Å²) in [5.74, 6) is -0.668. The minimum Gasteiger partial charge on any atom is -0.350 e. The van der Waals surface area contributed by atoms with Crippen molar-refractivity contribution in [2.24, 2.45) is 0 Å². The van der Waals surface area contributed by atoms with E-state index in [0.29, 0.717) is 22.0 Å². The van der Waals surface area contributed by atoms with Gasteiger partial charge >= 0.3 is 0 Å². The first kappa shape index (κ1) is 17.8. The summed E-state index contributed by atoms with van der Waals surface area (Å²) in [5, 5.41) is 7.24. The Hall–Kier alpha value is -3.06. The molecule has 0 bridgehead atoms. The van der Waals surface area contributed by atoms with Crippen molar-refractivity contribution in [3.05, 3.63) is 81.6 Å². The molecule has 2 heterocycles. The fraction of sp³-hybridized carbons (Fsp3) is 0.111. The Morgan fingerprint density at radius 3 is 2.58 bits per heavy atom. The highest BCUT2D eigenvalue weighted by atomic mass is 35.5. The minimum absolute atomic E-state index is 0.195. The molecule has 1 aromatic carbocycles. The lowest BCUT2D eigenvalue weighted by Gasteiger charge is -2.08. The molecule has 1 amide bonds. The minimum atomic E-state index is -0.346. The van der Waals surface area contributed by atoms with E-state index < -0.39 is 0 Å².